The minimum absolute atomic E-state index is 0.0684. The number of aromatic nitrogens is 1. The maximum absolute atomic E-state index is 13.4. The Kier molecular flexibility index (Phi) is 28.4. The van der Waals surface area contributed by atoms with Gasteiger partial charge in [-0.1, -0.05) is 27.4 Å². The van der Waals surface area contributed by atoms with Crippen molar-refractivity contribution in [3.63, 3.8) is 0 Å². The van der Waals surface area contributed by atoms with Crippen molar-refractivity contribution in [2.75, 3.05) is 111 Å². The van der Waals surface area contributed by atoms with Crippen molar-refractivity contribution in [3.05, 3.63) is 98.2 Å². The number of hydroxylamine groups is 2. The Bertz CT molecular complexity index is 2880. The summed E-state index contributed by atoms with van der Waals surface area (Å²) < 4.78 is 106. The van der Waals surface area contributed by atoms with Crippen molar-refractivity contribution in [3.8, 4) is 0 Å². The topological polar surface area (TPSA) is 340 Å². The predicted molar refractivity (Wildman–Crippen MR) is 290 cm³/mol. The summed E-state index contributed by atoms with van der Waals surface area (Å²) in [6, 6.07) is 13.4. The SMILES string of the molecule is [N-]=[N+]=NCCOCCOCCOCCNC(=O)c1ccc2c3ccc(C(=O)NCCOCCOCCOCCN=[N+]=[N-])cc3n(CCCCC(=O)CCCCC(CS(=O)(=O)c3ccc(C(F)(F)F)cc3)OC(=O)ON3C(=O)CCC3=O)c2c1. The third kappa shape index (κ3) is 23.1. The van der Waals surface area contributed by atoms with E-state index < -0.39 is 56.3 Å². The first-order valence-electron chi connectivity index (χ1n) is 26.8. The second-order valence-corrected chi connectivity index (χ2v) is 20.5. The van der Waals surface area contributed by atoms with Gasteiger partial charge in [0.15, 0.2) is 9.84 Å². The van der Waals surface area contributed by atoms with E-state index in [4.69, 9.17) is 49.1 Å². The molecule has 1 aliphatic rings. The van der Waals surface area contributed by atoms with Gasteiger partial charge in [0, 0.05) is 101 Å². The number of nitrogens with zero attached hydrogens (tertiary/aromatic N) is 8. The van der Waals surface area contributed by atoms with E-state index in [1.165, 1.54) is 0 Å². The Morgan fingerprint density at radius 2 is 1.08 bits per heavy atom. The van der Waals surface area contributed by atoms with Gasteiger partial charge in [-0.3, -0.25) is 28.8 Å². The van der Waals surface area contributed by atoms with Crippen molar-refractivity contribution in [2.45, 2.75) is 81.5 Å². The Morgan fingerprint density at radius 1 is 0.627 bits per heavy atom. The molecule has 1 aromatic heterocycles. The molecule has 5 rings (SSSR count). The average Bonchev–Trinajstić information content (AvgIpc) is 2.59. The lowest BCUT2D eigenvalue weighted by atomic mass is 10.1. The number of carbonyl (C=O) groups excluding carboxylic acids is 6. The highest BCUT2D eigenvalue weighted by Gasteiger charge is 2.35. The number of fused-ring (bicyclic) bond motifs is 3. The van der Waals surface area contributed by atoms with Crippen molar-refractivity contribution in [1.82, 2.24) is 20.3 Å². The van der Waals surface area contributed by atoms with E-state index in [0.717, 1.165) is 22.9 Å². The summed E-state index contributed by atoms with van der Waals surface area (Å²) in [4.78, 5) is 86.4. The van der Waals surface area contributed by atoms with Crippen LogP contribution in [0.2, 0.25) is 0 Å². The number of hydrogen-bond acceptors (Lipinski definition) is 18. The normalized spacial score (nSPS) is 13.0. The van der Waals surface area contributed by atoms with Gasteiger partial charge < -0.3 is 48.4 Å². The molecule has 4 amide bonds. The average molecular weight is 1190 g/mol. The summed E-state index contributed by atoms with van der Waals surface area (Å²) in [6.07, 6.45) is -6.71. The van der Waals surface area contributed by atoms with Crippen LogP contribution in [0.4, 0.5) is 18.0 Å². The number of nitrogens with one attached hydrogen (secondary N) is 2. The largest absolute Gasteiger partial charge is 0.534 e. The van der Waals surface area contributed by atoms with E-state index in [0.29, 0.717) is 107 Å². The molecule has 1 fully saturated rings. The lowest BCUT2D eigenvalue weighted by Crippen LogP contribution is -2.35. The molecule has 0 saturated carbocycles. The van der Waals surface area contributed by atoms with Gasteiger partial charge in [0.25, 0.3) is 23.6 Å². The van der Waals surface area contributed by atoms with Gasteiger partial charge >= 0.3 is 12.3 Å². The highest BCUT2D eigenvalue weighted by Crippen LogP contribution is 2.32. The van der Waals surface area contributed by atoms with Crippen LogP contribution in [-0.2, 0) is 74.9 Å². The molecule has 83 heavy (non-hydrogen) atoms. The smallest absolute Gasteiger partial charge is 0.428 e. The molecule has 1 saturated heterocycles. The number of alkyl halides is 3. The van der Waals surface area contributed by atoms with Crippen molar-refractivity contribution >= 4 is 67.2 Å². The van der Waals surface area contributed by atoms with E-state index in [9.17, 15) is 50.4 Å². The summed E-state index contributed by atoms with van der Waals surface area (Å²) in [7, 11) is -4.36. The highest BCUT2D eigenvalue weighted by atomic mass is 32.2. The van der Waals surface area contributed by atoms with Crippen LogP contribution < -0.4 is 10.6 Å². The number of benzene rings is 3. The first kappa shape index (κ1) is 66.4. The lowest BCUT2D eigenvalue weighted by Gasteiger charge is -2.19. The van der Waals surface area contributed by atoms with Gasteiger partial charge in [0.05, 0.1) is 95.5 Å². The van der Waals surface area contributed by atoms with Gasteiger partial charge in [-0.2, -0.15) is 13.2 Å². The number of azide groups is 2. The molecule has 0 aliphatic carbocycles. The molecule has 0 radical (unpaired) electrons. The highest BCUT2D eigenvalue weighted by molar-refractivity contribution is 7.91. The molecule has 1 unspecified atom stereocenters. The third-order valence-electron chi connectivity index (χ3n) is 12.4. The van der Waals surface area contributed by atoms with Crippen molar-refractivity contribution in [1.29, 1.82) is 0 Å². The Balaban J connectivity index is 1.17. The Labute approximate surface area is 475 Å². The van der Waals surface area contributed by atoms with Crippen LogP contribution >= 0.6 is 0 Å². The summed E-state index contributed by atoms with van der Waals surface area (Å²) in [5.74, 6) is -3.31. The third-order valence-corrected chi connectivity index (χ3v) is 14.2. The molecule has 0 spiro atoms. The van der Waals surface area contributed by atoms with Gasteiger partial charge in [-0.25, -0.2) is 13.2 Å². The zero-order valence-electron chi connectivity index (χ0n) is 45.6. The van der Waals surface area contributed by atoms with E-state index in [1.807, 2.05) is 16.7 Å². The van der Waals surface area contributed by atoms with Crippen LogP contribution in [0.25, 0.3) is 42.7 Å². The minimum Gasteiger partial charge on any atom is -0.428 e. The quantitative estimate of drug-likeness (QED) is 0.0109. The van der Waals surface area contributed by atoms with E-state index in [-0.39, 0.29) is 120 Å². The van der Waals surface area contributed by atoms with E-state index in [1.54, 1.807) is 24.3 Å². The van der Waals surface area contributed by atoms with Crippen molar-refractivity contribution in [2.24, 2.45) is 10.2 Å². The Morgan fingerprint density at radius 3 is 1.55 bits per heavy atom. The van der Waals surface area contributed by atoms with Crippen LogP contribution in [0.1, 0.15) is 84.1 Å². The molecule has 2 heterocycles. The molecular weight excluding hydrogens is 1120 g/mol. The van der Waals surface area contributed by atoms with Gasteiger partial charge in [-0.15, -0.1) is 0 Å². The number of hydrogen-bond donors (Lipinski definition) is 2. The summed E-state index contributed by atoms with van der Waals surface area (Å²) in [6.45, 7) is 4.84. The first-order chi connectivity index (χ1) is 40.0. The Hall–Kier alpha value is -7.40. The fourth-order valence-corrected chi connectivity index (χ4v) is 9.82. The van der Waals surface area contributed by atoms with Crippen LogP contribution in [0.5, 0.6) is 0 Å². The summed E-state index contributed by atoms with van der Waals surface area (Å²) in [5.41, 5.74) is 17.7. The summed E-state index contributed by atoms with van der Waals surface area (Å²) >= 11 is 0. The van der Waals surface area contributed by atoms with Gasteiger partial charge in [-0.05, 0) is 91.7 Å². The number of unbranched alkanes of at least 4 members (excludes halogenated alkanes) is 2. The molecule has 1 atom stereocenters. The maximum Gasteiger partial charge on any atom is 0.534 e. The van der Waals surface area contributed by atoms with Crippen LogP contribution in [0.15, 0.2) is 75.8 Å². The summed E-state index contributed by atoms with van der Waals surface area (Å²) in [5, 5.41) is 14.3. The fourth-order valence-electron chi connectivity index (χ4n) is 8.35. The monoisotopic (exact) mass is 1190 g/mol. The zero-order chi connectivity index (χ0) is 59.9. The molecule has 30 heteroatoms. The number of ketones is 1. The molecule has 3 aromatic carbocycles. The molecule has 0 bridgehead atoms. The second kappa shape index (κ2) is 35.6. The van der Waals surface area contributed by atoms with Gasteiger partial charge in [0.1, 0.15) is 11.9 Å². The van der Waals surface area contributed by atoms with Crippen LogP contribution in [-0.4, -0.2) is 171 Å². The number of sulfone groups is 1. The predicted octanol–water partition coefficient (Wildman–Crippen LogP) is 7.35. The fraction of sp³-hybridized carbons (Fsp3) is 0.547. The van der Waals surface area contributed by atoms with Crippen LogP contribution in [0.3, 0.4) is 0 Å². The molecule has 1 aliphatic heterocycles. The molecule has 452 valence electrons. The number of halogens is 3. The maximum atomic E-state index is 13.4. The first-order valence-corrected chi connectivity index (χ1v) is 28.4. The molecular formula is C53H67F3N10O16S. The molecule has 2 N–H and O–H groups in total. The number of ether oxygens (including phenoxy) is 7. The standard InChI is InChI=1S/C53H67F3N10O16S/c54-53(55,56)40-10-12-43(13-11-40)83(73,74)37-42(81-52(72)82-66-48(68)16-17-49(66)69)7-2-1-5-41(67)6-3-4-22-65-46-35-38(50(70)59-18-23-75-27-31-79-33-29-77-25-20-61-63-57)8-14-44(46)45-15-9-39(36-47(45)65)51(71)60-19-24-76-28-32-80-34-30-78-26-21-62-64-58/h8-15,35-36,42H,1-7,16-34,37H2,(H,59,70)(H,60,71). The number of rotatable bonds is 41. The molecule has 26 nitrogen and oxygen atoms in total. The number of amides is 4. The van der Waals surface area contributed by atoms with Crippen molar-refractivity contribution < 1.29 is 88.4 Å². The van der Waals surface area contributed by atoms with E-state index >= 15 is 0 Å². The zero-order valence-corrected chi connectivity index (χ0v) is 46.4. The number of carbonyl (C=O) groups is 6. The van der Waals surface area contributed by atoms with E-state index in [2.05, 4.69) is 30.7 Å². The molecule has 4 aromatic rings. The number of Topliss-reactive ketones (excluding diaryl/α,β-unsaturated/α-hetero) is 1. The van der Waals surface area contributed by atoms with Gasteiger partial charge in [0.2, 0.25) is 0 Å². The minimum atomic E-state index is -4.72. The second-order valence-electron chi connectivity index (χ2n) is 18.4. The number of aryl methyl sites for hydroxylation is 1. The lowest BCUT2D eigenvalue weighted by molar-refractivity contribution is -0.178. The van der Waals surface area contributed by atoms with Crippen LogP contribution in [0, 0.1) is 0 Å². The number of imide groups is 1.